The van der Waals surface area contributed by atoms with Gasteiger partial charge in [-0.3, -0.25) is 4.90 Å². The molecule has 0 spiro atoms. The number of fused-ring (bicyclic) bond motifs is 2. The third-order valence-corrected chi connectivity index (χ3v) is 4.09. The van der Waals surface area contributed by atoms with Gasteiger partial charge in [-0.25, -0.2) is 0 Å². The topological polar surface area (TPSA) is 29.3 Å². The van der Waals surface area contributed by atoms with Gasteiger partial charge in [-0.05, 0) is 44.4 Å². The number of hydrogen-bond donors (Lipinski definition) is 1. The first kappa shape index (κ1) is 8.25. The highest BCUT2D eigenvalue weighted by atomic mass is 15.2. The molecule has 3 fully saturated rings. The molecular formula is C11H20N2. The van der Waals surface area contributed by atoms with E-state index in [2.05, 4.69) is 4.90 Å². The Morgan fingerprint density at radius 2 is 1.62 bits per heavy atom. The molecular weight excluding hydrogens is 160 g/mol. The van der Waals surface area contributed by atoms with Gasteiger partial charge in [0.2, 0.25) is 0 Å². The molecule has 2 aliphatic heterocycles. The molecule has 2 heteroatoms. The van der Waals surface area contributed by atoms with Crippen molar-refractivity contribution in [3.05, 3.63) is 0 Å². The van der Waals surface area contributed by atoms with Crippen molar-refractivity contribution in [2.75, 3.05) is 6.54 Å². The van der Waals surface area contributed by atoms with Gasteiger partial charge in [0.05, 0.1) is 0 Å². The van der Waals surface area contributed by atoms with Crippen molar-refractivity contribution in [2.45, 2.75) is 56.7 Å². The lowest BCUT2D eigenvalue weighted by Crippen LogP contribution is -2.48. The zero-order valence-corrected chi connectivity index (χ0v) is 8.28. The van der Waals surface area contributed by atoms with E-state index in [1.807, 2.05) is 0 Å². The summed E-state index contributed by atoms with van der Waals surface area (Å²) in [5.41, 5.74) is 6.04. The molecule has 0 aromatic carbocycles. The molecule has 13 heavy (non-hydrogen) atoms. The molecule has 0 aromatic heterocycles. The third-order valence-electron chi connectivity index (χ3n) is 4.09. The summed E-state index contributed by atoms with van der Waals surface area (Å²) in [7, 11) is 0. The zero-order chi connectivity index (χ0) is 8.84. The second-order valence-electron chi connectivity index (χ2n) is 5.26. The van der Waals surface area contributed by atoms with Crippen LogP contribution in [0.15, 0.2) is 0 Å². The molecule has 1 saturated carbocycles. The smallest absolute Gasteiger partial charge is 0.0114 e. The Morgan fingerprint density at radius 1 is 1.00 bits per heavy atom. The summed E-state index contributed by atoms with van der Waals surface area (Å²) >= 11 is 0. The van der Waals surface area contributed by atoms with Crippen LogP contribution in [0.1, 0.15) is 38.5 Å². The molecule has 2 saturated heterocycles. The van der Waals surface area contributed by atoms with Crippen LogP contribution in [0.5, 0.6) is 0 Å². The summed E-state index contributed by atoms with van der Waals surface area (Å²) in [4.78, 5) is 2.78. The third kappa shape index (κ3) is 1.50. The second-order valence-corrected chi connectivity index (χ2v) is 5.26. The van der Waals surface area contributed by atoms with E-state index < -0.39 is 0 Å². The van der Waals surface area contributed by atoms with Crippen LogP contribution in [0.25, 0.3) is 0 Å². The monoisotopic (exact) mass is 180 g/mol. The van der Waals surface area contributed by atoms with E-state index in [-0.39, 0.29) is 0 Å². The Morgan fingerprint density at radius 3 is 2.15 bits per heavy atom. The van der Waals surface area contributed by atoms with Crippen LogP contribution < -0.4 is 5.73 Å². The van der Waals surface area contributed by atoms with Crippen molar-refractivity contribution in [3.8, 4) is 0 Å². The molecule has 0 amide bonds. The minimum atomic E-state index is 0.507. The van der Waals surface area contributed by atoms with Crippen LogP contribution in [0.3, 0.4) is 0 Å². The Kier molecular flexibility index (Phi) is 1.88. The van der Waals surface area contributed by atoms with Crippen LogP contribution in [0, 0.1) is 5.92 Å². The van der Waals surface area contributed by atoms with Gasteiger partial charge >= 0.3 is 0 Å². The standard InChI is InChI=1S/C11H20N2/c12-9-5-10-3-4-11(6-9)13(10)7-8-1-2-8/h8-11H,1-7,12H2/t9?,10-,11+. The lowest BCUT2D eigenvalue weighted by Gasteiger charge is -2.37. The van der Waals surface area contributed by atoms with Crippen molar-refractivity contribution in [2.24, 2.45) is 11.7 Å². The first-order valence-electron chi connectivity index (χ1n) is 5.84. The summed E-state index contributed by atoms with van der Waals surface area (Å²) in [6, 6.07) is 2.22. The molecule has 2 heterocycles. The fourth-order valence-corrected chi connectivity index (χ4v) is 3.21. The number of rotatable bonds is 2. The van der Waals surface area contributed by atoms with E-state index in [4.69, 9.17) is 5.73 Å². The largest absolute Gasteiger partial charge is 0.328 e. The van der Waals surface area contributed by atoms with E-state index in [0.717, 1.165) is 18.0 Å². The van der Waals surface area contributed by atoms with Crippen LogP contribution in [0.4, 0.5) is 0 Å². The Labute approximate surface area is 80.5 Å². The summed E-state index contributed by atoms with van der Waals surface area (Å²) in [5.74, 6) is 1.05. The van der Waals surface area contributed by atoms with Crippen molar-refractivity contribution in [1.29, 1.82) is 0 Å². The van der Waals surface area contributed by atoms with E-state index in [1.54, 1.807) is 0 Å². The minimum Gasteiger partial charge on any atom is -0.328 e. The van der Waals surface area contributed by atoms with Crippen LogP contribution in [0.2, 0.25) is 0 Å². The number of hydrogen-bond acceptors (Lipinski definition) is 2. The maximum Gasteiger partial charge on any atom is 0.0114 e. The maximum atomic E-state index is 6.04. The molecule has 2 nitrogen and oxygen atoms in total. The Hall–Kier alpha value is -0.0800. The lowest BCUT2D eigenvalue weighted by atomic mass is 9.98. The van der Waals surface area contributed by atoms with Crippen molar-refractivity contribution in [3.63, 3.8) is 0 Å². The van der Waals surface area contributed by atoms with E-state index in [1.165, 1.54) is 45.1 Å². The van der Waals surface area contributed by atoms with Gasteiger partial charge in [-0.15, -0.1) is 0 Å². The normalized spacial score (nSPS) is 45.5. The van der Waals surface area contributed by atoms with Gasteiger partial charge in [0.15, 0.2) is 0 Å². The average Bonchev–Trinajstić information content (AvgIpc) is 2.83. The fraction of sp³-hybridized carbons (Fsp3) is 1.00. The zero-order valence-electron chi connectivity index (χ0n) is 8.28. The number of piperidine rings is 1. The van der Waals surface area contributed by atoms with E-state index >= 15 is 0 Å². The number of nitrogens with two attached hydrogens (primary N) is 1. The minimum absolute atomic E-state index is 0.507. The van der Waals surface area contributed by atoms with E-state index in [9.17, 15) is 0 Å². The molecule has 3 aliphatic rings. The highest BCUT2D eigenvalue weighted by molar-refractivity contribution is 4.98. The Bertz CT molecular complexity index is 186. The SMILES string of the molecule is NC1C[C@H]2CC[C@@H](C1)N2CC1CC1. The highest BCUT2D eigenvalue weighted by Crippen LogP contribution is 2.39. The highest BCUT2D eigenvalue weighted by Gasteiger charge is 2.41. The fourth-order valence-electron chi connectivity index (χ4n) is 3.21. The predicted molar refractivity (Wildman–Crippen MR) is 53.4 cm³/mol. The van der Waals surface area contributed by atoms with Gasteiger partial charge in [-0.1, -0.05) is 0 Å². The predicted octanol–water partition coefficient (Wildman–Crippen LogP) is 1.35. The van der Waals surface area contributed by atoms with Crippen LogP contribution in [-0.4, -0.2) is 29.6 Å². The van der Waals surface area contributed by atoms with Gasteiger partial charge in [0.25, 0.3) is 0 Å². The lowest BCUT2D eigenvalue weighted by molar-refractivity contribution is 0.122. The second kappa shape index (κ2) is 2.96. The molecule has 2 N–H and O–H groups in total. The summed E-state index contributed by atoms with van der Waals surface area (Å²) in [6.45, 7) is 1.39. The van der Waals surface area contributed by atoms with Crippen molar-refractivity contribution >= 4 is 0 Å². The summed E-state index contributed by atoms with van der Waals surface area (Å²) in [6.07, 6.45) is 8.35. The quantitative estimate of drug-likeness (QED) is 0.695. The number of nitrogens with zero attached hydrogens (tertiary/aromatic N) is 1. The molecule has 2 bridgehead atoms. The first-order chi connectivity index (χ1) is 6.33. The van der Waals surface area contributed by atoms with Gasteiger partial charge in [-0.2, -0.15) is 0 Å². The molecule has 74 valence electrons. The van der Waals surface area contributed by atoms with Crippen molar-refractivity contribution in [1.82, 2.24) is 4.90 Å². The van der Waals surface area contributed by atoms with Gasteiger partial charge < -0.3 is 5.73 Å². The summed E-state index contributed by atoms with van der Waals surface area (Å²) < 4.78 is 0. The van der Waals surface area contributed by atoms with Crippen LogP contribution in [-0.2, 0) is 0 Å². The molecule has 1 aliphatic carbocycles. The average molecular weight is 180 g/mol. The van der Waals surface area contributed by atoms with Crippen LogP contribution >= 0.6 is 0 Å². The maximum absolute atomic E-state index is 6.04. The van der Waals surface area contributed by atoms with E-state index in [0.29, 0.717) is 6.04 Å². The van der Waals surface area contributed by atoms with Gasteiger partial charge in [0, 0.05) is 24.7 Å². The van der Waals surface area contributed by atoms with Gasteiger partial charge in [0.1, 0.15) is 0 Å². The van der Waals surface area contributed by atoms with Crippen molar-refractivity contribution < 1.29 is 0 Å². The molecule has 3 atom stereocenters. The first-order valence-corrected chi connectivity index (χ1v) is 5.84. The molecule has 1 unspecified atom stereocenters. The molecule has 0 radical (unpaired) electrons. The summed E-state index contributed by atoms with van der Waals surface area (Å²) in [5, 5.41) is 0. The Balaban J connectivity index is 1.67. The molecule has 3 rings (SSSR count). The molecule has 0 aromatic rings.